The number of carbonyl (C=O) groups is 2. The van der Waals surface area contributed by atoms with Gasteiger partial charge in [0.2, 0.25) is 0 Å². The summed E-state index contributed by atoms with van der Waals surface area (Å²) in [5, 5.41) is 21.6. The van der Waals surface area contributed by atoms with E-state index in [0.29, 0.717) is 12.8 Å². The Kier molecular flexibility index (Phi) is 7.88. The summed E-state index contributed by atoms with van der Waals surface area (Å²) in [6.45, 7) is 5.78. The lowest BCUT2D eigenvalue weighted by atomic mass is 9.98. The second kappa shape index (κ2) is 9.39. The van der Waals surface area contributed by atoms with Gasteiger partial charge in [0.05, 0.1) is 0 Å². The van der Waals surface area contributed by atoms with Crippen molar-refractivity contribution in [3.8, 4) is 0 Å². The third kappa shape index (κ3) is 6.29. The van der Waals surface area contributed by atoms with Gasteiger partial charge >= 0.3 is 5.97 Å². The van der Waals surface area contributed by atoms with Gasteiger partial charge in [0.25, 0.3) is 5.91 Å². The van der Waals surface area contributed by atoms with Crippen molar-refractivity contribution in [2.45, 2.75) is 58.2 Å². The normalized spacial score (nSPS) is 14.9. The molecule has 5 N–H and O–H groups in total. The number of rotatable bonds is 9. The molecule has 0 aliphatic rings. The molecule has 24 heavy (non-hydrogen) atoms. The lowest BCUT2D eigenvalue weighted by Crippen LogP contribution is -2.52. The molecule has 0 aliphatic carbocycles. The van der Waals surface area contributed by atoms with E-state index < -0.39 is 30.1 Å². The standard InChI is InChI=1S/C18H28N2O4/c1-4-12-6-5-7-13(9-12)10-14(19)16(21)17(22)20-15(18(23)24)8-11(2)3/h5-7,9,11,14-16,21H,4,8,10,19H2,1-3H3,(H,20,22)(H,23,24)/t14?,15-,16?/m0/s1. The Hall–Kier alpha value is -1.92. The predicted octanol–water partition coefficient (Wildman–Crippen LogP) is 1.10. The van der Waals surface area contributed by atoms with E-state index in [2.05, 4.69) is 5.32 Å². The number of aliphatic hydroxyl groups is 1. The molecule has 0 bridgehead atoms. The Labute approximate surface area is 143 Å². The summed E-state index contributed by atoms with van der Waals surface area (Å²) in [4.78, 5) is 23.3. The Morgan fingerprint density at radius 3 is 2.42 bits per heavy atom. The summed E-state index contributed by atoms with van der Waals surface area (Å²) in [5.74, 6) is -1.76. The number of carboxylic acids is 1. The van der Waals surface area contributed by atoms with Crippen LogP contribution < -0.4 is 11.1 Å². The lowest BCUT2D eigenvalue weighted by Gasteiger charge is -2.22. The summed E-state index contributed by atoms with van der Waals surface area (Å²) < 4.78 is 0. The van der Waals surface area contributed by atoms with Gasteiger partial charge < -0.3 is 21.3 Å². The van der Waals surface area contributed by atoms with Crippen LogP contribution in [0.1, 0.15) is 38.3 Å². The van der Waals surface area contributed by atoms with Gasteiger partial charge in [0, 0.05) is 6.04 Å². The molecule has 3 atom stereocenters. The zero-order valence-corrected chi connectivity index (χ0v) is 14.5. The van der Waals surface area contributed by atoms with Gasteiger partial charge in [-0.1, -0.05) is 45.0 Å². The molecular formula is C18H28N2O4. The van der Waals surface area contributed by atoms with Crippen molar-refractivity contribution in [1.82, 2.24) is 5.32 Å². The minimum absolute atomic E-state index is 0.106. The van der Waals surface area contributed by atoms with Crippen molar-refractivity contribution in [3.63, 3.8) is 0 Å². The van der Waals surface area contributed by atoms with E-state index in [1.807, 2.05) is 45.0 Å². The average molecular weight is 336 g/mol. The summed E-state index contributed by atoms with van der Waals surface area (Å²) in [6.07, 6.45) is 0.0670. The summed E-state index contributed by atoms with van der Waals surface area (Å²) >= 11 is 0. The number of nitrogens with two attached hydrogens (primary N) is 1. The van der Waals surface area contributed by atoms with E-state index in [-0.39, 0.29) is 5.92 Å². The number of amides is 1. The van der Waals surface area contributed by atoms with Gasteiger partial charge in [-0.3, -0.25) is 4.79 Å². The fourth-order valence-electron chi connectivity index (χ4n) is 2.50. The van der Waals surface area contributed by atoms with Crippen LogP contribution in [0, 0.1) is 5.92 Å². The molecule has 2 unspecified atom stereocenters. The molecule has 0 saturated heterocycles. The van der Waals surface area contributed by atoms with Crippen molar-refractivity contribution in [2.75, 3.05) is 0 Å². The van der Waals surface area contributed by atoms with Gasteiger partial charge in [-0.25, -0.2) is 4.79 Å². The molecule has 0 saturated carbocycles. The maximum Gasteiger partial charge on any atom is 0.326 e. The van der Waals surface area contributed by atoms with Gasteiger partial charge in [-0.2, -0.15) is 0 Å². The first-order valence-corrected chi connectivity index (χ1v) is 8.29. The van der Waals surface area contributed by atoms with Crippen LogP contribution in [0.4, 0.5) is 0 Å². The summed E-state index contributed by atoms with van der Waals surface area (Å²) in [5.41, 5.74) is 8.03. The molecule has 0 radical (unpaired) electrons. The highest BCUT2D eigenvalue weighted by atomic mass is 16.4. The van der Waals surface area contributed by atoms with Crippen molar-refractivity contribution >= 4 is 11.9 Å². The fourth-order valence-corrected chi connectivity index (χ4v) is 2.50. The van der Waals surface area contributed by atoms with E-state index in [4.69, 9.17) is 10.8 Å². The van der Waals surface area contributed by atoms with Gasteiger partial charge in [0.1, 0.15) is 12.1 Å². The summed E-state index contributed by atoms with van der Waals surface area (Å²) in [6, 6.07) is 5.97. The van der Waals surface area contributed by atoms with Crippen LogP contribution in [0.15, 0.2) is 24.3 Å². The smallest absolute Gasteiger partial charge is 0.326 e. The van der Waals surface area contributed by atoms with Crippen LogP contribution in [-0.4, -0.2) is 40.3 Å². The quantitative estimate of drug-likeness (QED) is 0.539. The fraction of sp³-hybridized carbons (Fsp3) is 0.556. The molecular weight excluding hydrogens is 308 g/mol. The monoisotopic (exact) mass is 336 g/mol. The number of carboxylic acid groups (broad SMARTS) is 1. The molecule has 1 rings (SSSR count). The van der Waals surface area contributed by atoms with E-state index in [0.717, 1.165) is 17.5 Å². The van der Waals surface area contributed by atoms with Crippen LogP contribution in [-0.2, 0) is 22.4 Å². The van der Waals surface area contributed by atoms with Crippen molar-refractivity contribution < 1.29 is 19.8 Å². The molecule has 1 aromatic carbocycles. The van der Waals surface area contributed by atoms with Gasteiger partial charge in [-0.05, 0) is 36.3 Å². The van der Waals surface area contributed by atoms with Crippen LogP contribution in [0.3, 0.4) is 0 Å². The minimum Gasteiger partial charge on any atom is -0.480 e. The second-order valence-electron chi connectivity index (χ2n) is 6.52. The Balaban J connectivity index is 2.67. The lowest BCUT2D eigenvalue weighted by molar-refractivity contribution is -0.144. The highest BCUT2D eigenvalue weighted by Crippen LogP contribution is 2.10. The number of nitrogens with one attached hydrogen (secondary N) is 1. The number of hydrogen-bond acceptors (Lipinski definition) is 4. The van der Waals surface area contributed by atoms with Crippen molar-refractivity contribution in [3.05, 3.63) is 35.4 Å². The molecule has 6 nitrogen and oxygen atoms in total. The highest BCUT2D eigenvalue weighted by Gasteiger charge is 2.28. The van der Waals surface area contributed by atoms with Crippen molar-refractivity contribution in [1.29, 1.82) is 0 Å². The molecule has 0 fully saturated rings. The Morgan fingerprint density at radius 1 is 1.25 bits per heavy atom. The second-order valence-corrected chi connectivity index (χ2v) is 6.52. The van der Waals surface area contributed by atoms with Gasteiger partial charge in [-0.15, -0.1) is 0 Å². The number of aliphatic carboxylic acids is 1. The van der Waals surface area contributed by atoms with Gasteiger partial charge in [0.15, 0.2) is 0 Å². The number of benzene rings is 1. The third-order valence-corrected chi connectivity index (χ3v) is 3.87. The van der Waals surface area contributed by atoms with E-state index in [1.165, 1.54) is 0 Å². The average Bonchev–Trinajstić information content (AvgIpc) is 2.52. The molecule has 0 aliphatic heterocycles. The first kappa shape index (κ1) is 20.1. The molecule has 6 heteroatoms. The zero-order chi connectivity index (χ0) is 18.3. The number of carbonyl (C=O) groups excluding carboxylic acids is 1. The molecule has 0 aromatic heterocycles. The first-order chi connectivity index (χ1) is 11.2. The van der Waals surface area contributed by atoms with Crippen LogP contribution in [0.5, 0.6) is 0 Å². The highest BCUT2D eigenvalue weighted by molar-refractivity contribution is 5.86. The van der Waals surface area contributed by atoms with E-state index >= 15 is 0 Å². The maximum atomic E-state index is 12.1. The largest absolute Gasteiger partial charge is 0.480 e. The molecule has 0 spiro atoms. The maximum absolute atomic E-state index is 12.1. The number of aliphatic hydroxyl groups excluding tert-OH is 1. The van der Waals surface area contributed by atoms with Crippen LogP contribution in [0.25, 0.3) is 0 Å². The topological polar surface area (TPSA) is 113 Å². The molecule has 1 amide bonds. The number of aryl methyl sites for hydroxylation is 1. The van der Waals surface area contributed by atoms with E-state index in [1.54, 1.807) is 0 Å². The molecule has 1 aromatic rings. The third-order valence-electron chi connectivity index (χ3n) is 3.87. The summed E-state index contributed by atoms with van der Waals surface area (Å²) in [7, 11) is 0. The minimum atomic E-state index is -1.45. The first-order valence-electron chi connectivity index (χ1n) is 8.29. The Bertz CT molecular complexity index is 560. The Morgan fingerprint density at radius 2 is 1.88 bits per heavy atom. The van der Waals surface area contributed by atoms with Crippen LogP contribution in [0.2, 0.25) is 0 Å². The van der Waals surface area contributed by atoms with Crippen LogP contribution >= 0.6 is 0 Å². The SMILES string of the molecule is CCc1cccc(CC(N)C(O)C(=O)N[C@@H](CC(C)C)C(=O)O)c1. The number of hydrogen-bond donors (Lipinski definition) is 4. The van der Waals surface area contributed by atoms with Crippen molar-refractivity contribution in [2.24, 2.45) is 11.7 Å². The molecule has 134 valence electrons. The molecule has 0 heterocycles. The van der Waals surface area contributed by atoms with E-state index in [9.17, 15) is 14.7 Å². The predicted molar refractivity (Wildman–Crippen MR) is 92.5 cm³/mol. The zero-order valence-electron chi connectivity index (χ0n) is 14.5.